The fourth-order valence-corrected chi connectivity index (χ4v) is 1.58. The molecule has 0 aromatic heterocycles. The predicted molar refractivity (Wildman–Crippen MR) is 57.1 cm³/mol. The van der Waals surface area contributed by atoms with Crippen LogP contribution in [0.4, 0.5) is 17.6 Å². The summed E-state index contributed by atoms with van der Waals surface area (Å²) >= 11 is 0. The summed E-state index contributed by atoms with van der Waals surface area (Å²) in [6.07, 6.45) is -1.54. The molecular weight excluding hydrogens is 270 g/mol. The van der Waals surface area contributed by atoms with E-state index in [9.17, 15) is 27.2 Å². The molecule has 1 rings (SSSR count). The molecule has 8 heteroatoms. The lowest BCUT2D eigenvalue weighted by Crippen LogP contribution is -2.43. The number of allylic oxidation sites excluding steroid dienone is 1. The lowest BCUT2D eigenvalue weighted by atomic mass is 10.1. The number of hydrogen-bond acceptors (Lipinski definition) is 2. The van der Waals surface area contributed by atoms with Crippen LogP contribution in [0.2, 0.25) is 0 Å². The summed E-state index contributed by atoms with van der Waals surface area (Å²) in [7, 11) is 0. The number of halogens is 4. The van der Waals surface area contributed by atoms with Gasteiger partial charge in [-0.15, -0.1) is 0 Å². The first-order valence-electron chi connectivity index (χ1n) is 5.57. The van der Waals surface area contributed by atoms with E-state index in [-0.39, 0.29) is 12.2 Å². The normalized spacial score (nSPS) is 21.6. The van der Waals surface area contributed by atoms with Crippen molar-refractivity contribution in [3.05, 3.63) is 12.2 Å². The Hall–Kier alpha value is -1.60. The van der Waals surface area contributed by atoms with Gasteiger partial charge >= 0.3 is 5.97 Å². The van der Waals surface area contributed by atoms with Crippen molar-refractivity contribution in [1.29, 1.82) is 0 Å². The van der Waals surface area contributed by atoms with E-state index >= 15 is 0 Å². The third-order valence-corrected chi connectivity index (χ3v) is 2.59. The summed E-state index contributed by atoms with van der Waals surface area (Å²) in [5, 5.41) is 8.40. The van der Waals surface area contributed by atoms with Crippen molar-refractivity contribution in [3.63, 3.8) is 0 Å². The molecule has 0 bridgehead atoms. The number of carbonyl (C=O) groups is 2. The summed E-state index contributed by atoms with van der Waals surface area (Å²) in [5.74, 6) is -9.08. The molecule has 0 saturated heterocycles. The highest BCUT2D eigenvalue weighted by Gasteiger charge is 2.37. The Morgan fingerprint density at radius 3 is 2.26 bits per heavy atom. The molecule has 1 heterocycles. The molecular formula is C11H13F4NO3. The second kappa shape index (κ2) is 5.58. The van der Waals surface area contributed by atoms with Crippen molar-refractivity contribution in [2.24, 2.45) is 0 Å². The van der Waals surface area contributed by atoms with Crippen LogP contribution in [0.3, 0.4) is 0 Å². The van der Waals surface area contributed by atoms with Gasteiger partial charge in [0.2, 0.25) is 5.91 Å². The summed E-state index contributed by atoms with van der Waals surface area (Å²) < 4.78 is 52.7. The zero-order chi connectivity index (χ0) is 14.7. The highest BCUT2D eigenvalue weighted by Crippen LogP contribution is 2.28. The molecule has 1 aliphatic rings. The second-order valence-electron chi connectivity index (χ2n) is 4.31. The average molecular weight is 283 g/mol. The van der Waals surface area contributed by atoms with Crippen molar-refractivity contribution in [3.8, 4) is 0 Å². The Morgan fingerprint density at radius 1 is 1.11 bits per heavy atom. The molecule has 0 unspecified atom stereocenters. The molecule has 0 saturated carbocycles. The first-order valence-corrected chi connectivity index (χ1v) is 5.57. The monoisotopic (exact) mass is 283 g/mol. The molecule has 0 atom stereocenters. The van der Waals surface area contributed by atoms with Gasteiger partial charge in [-0.3, -0.25) is 9.59 Å². The van der Waals surface area contributed by atoms with Crippen LogP contribution in [0.15, 0.2) is 12.2 Å². The largest absolute Gasteiger partial charge is 0.481 e. The molecule has 0 aliphatic carbocycles. The predicted octanol–water partition coefficient (Wildman–Crippen LogP) is 1.91. The first kappa shape index (κ1) is 15.5. The van der Waals surface area contributed by atoms with E-state index in [4.69, 9.17) is 5.11 Å². The SMILES string of the molecule is O=C(O)CCC(=O)N1CCC(F)(F)C=CC(F)(F)C1. The summed E-state index contributed by atoms with van der Waals surface area (Å²) in [5.41, 5.74) is 0. The maximum Gasteiger partial charge on any atom is 0.303 e. The van der Waals surface area contributed by atoms with Crippen LogP contribution in [0.1, 0.15) is 19.3 Å². The maximum absolute atomic E-state index is 13.3. The van der Waals surface area contributed by atoms with Gasteiger partial charge in [0.05, 0.1) is 13.0 Å². The van der Waals surface area contributed by atoms with E-state index < -0.39 is 56.1 Å². The second-order valence-corrected chi connectivity index (χ2v) is 4.31. The smallest absolute Gasteiger partial charge is 0.303 e. The van der Waals surface area contributed by atoms with Gasteiger partial charge in [0.1, 0.15) is 0 Å². The number of carbonyl (C=O) groups excluding carboxylic acids is 1. The van der Waals surface area contributed by atoms with Crippen molar-refractivity contribution < 1.29 is 32.3 Å². The number of nitrogens with zero attached hydrogens (tertiary/aromatic N) is 1. The highest BCUT2D eigenvalue weighted by atomic mass is 19.3. The van der Waals surface area contributed by atoms with Gasteiger partial charge in [0.15, 0.2) is 0 Å². The van der Waals surface area contributed by atoms with E-state index in [0.29, 0.717) is 4.90 Å². The minimum atomic E-state index is -3.55. The van der Waals surface area contributed by atoms with Crippen LogP contribution in [-0.4, -0.2) is 46.8 Å². The van der Waals surface area contributed by atoms with Gasteiger partial charge < -0.3 is 10.0 Å². The molecule has 0 aromatic rings. The topological polar surface area (TPSA) is 57.6 Å². The van der Waals surface area contributed by atoms with Crippen molar-refractivity contribution in [1.82, 2.24) is 4.90 Å². The van der Waals surface area contributed by atoms with Gasteiger partial charge in [0, 0.05) is 19.4 Å². The minimum Gasteiger partial charge on any atom is -0.481 e. The third-order valence-electron chi connectivity index (χ3n) is 2.59. The molecule has 0 aromatic carbocycles. The Kier molecular flexibility index (Phi) is 4.54. The standard InChI is InChI=1S/C11H13F4NO3/c12-10(13)3-4-11(14,15)7-16(6-5-10)8(17)1-2-9(18)19/h3-4H,1-2,5-7H2,(H,18,19). The van der Waals surface area contributed by atoms with Crippen molar-refractivity contribution in [2.45, 2.75) is 31.1 Å². The number of amides is 1. The quantitative estimate of drug-likeness (QED) is 0.636. The van der Waals surface area contributed by atoms with Crippen LogP contribution in [0.25, 0.3) is 0 Å². The molecule has 19 heavy (non-hydrogen) atoms. The number of hydrogen-bond donors (Lipinski definition) is 1. The van der Waals surface area contributed by atoms with Gasteiger partial charge in [-0.05, 0) is 12.2 Å². The molecule has 0 radical (unpaired) electrons. The number of carboxylic acids is 1. The maximum atomic E-state index is 13.3. The first-order chi connectivity index (χ1) is 8.61. The van der Waals surface area contributed by atoms with Crippen LogP contribution >= 0.6 is 0 Å². The summed E-state index contributed by atoms with van der Waals surface area (Å²) in [4.78, 5) is 22.4. The van der Waals surface area contributed by atoms with Crippen LogP contribution in [0.5, 0.6) is 0 Å². The zero-order valence-corrected chi connectivity index (χ0v) is 9.91. The van der Waals surface area contributed by atoms with E-state index in [0.717, 1.165) is 0 Å². The van der Waals surface area contributed by atoms with Crippen LogP contribution < -0.4 is 0 Å². The Morgan fingerprint density at radius 2 is 1.68 bits per heavy atom. The van der Waals surface area contributed by atoms with E-state index in [2.05, 4.69) is 0 Å². The molecule has 1 amide bonds. The van der Waals surface area contributed by atoms with Gasteiger partial charge in [-0.1, -0.05) is 0 Å². The molecule has 1 aliphatic heterocycles. The third kappa shape index (κ3) is 5.27. The van der Waals surface area contributed by atoms with Crippen molar-refractivity contribution >= 4 is 11.9 Å². The molecule has 0 spiro atoms. The fraction of sp³-hybridized carbons (Fsp3) is 0.636. The lowest BCUT2D eigenvalue weighted by Gasteiger charge is -2.29. The van der Waals surface area contributed by atoms with Crippen molar-refractivity contribution in [2.75, 3.05) is 13.1 Å². The molecule has 4 nitrogen and oxygen atoms in total. The van der Waals surface area contributed by atoms with Crippen LogP contribution in [0, 0.1) is 0 Å². The van der Waals surface area contributed by atoms with E-state index in [1.54, 1.807) is 0 Å². The van der Waals surface area contributed by atoms with Gasteiger partial charge in [-0.25, -0.2) is 17.6 Å². The molecule has 1 N–H and O–H groups in total. The van der Waals surface area contributed by atoms with Crippen LogP contribution in [-0.2, 0) is 9.59 Å². The number of alkyl halides is 4. The Balaban J connectivity index is 2.76. The number of rotatable bonds is 3. The Labute approximate surface area is 106 Å². The summed E-state index contributed by atoms with van der Waals surface area (Å²) in [6.45, 7) is -1.55. The van der Waals surface area contributed by atoms with Gasteiger partial charge in [0.25, 0.3) is 11.8 Å². The molecule has 108 valence electrons. The van der Waals surface area contributed by atoms with Gasteiger partial charge in [-0.2, -0.15) is 0 Å². The highest BCUT2D eigenvalue weighted by molar-refractivity contribution is 5.80. The fourth-order valence-electron chi connectivity index (χ4n) is 1.58. The Bertz CT molecular complexity index is 395. The van der Waals surface area contributed by atoms with E-state index in [1.165, 1.54) is 0 Å². The van der Waals surface area contributed by atoms with E-state index in [1.807, 2.05) is 0 Å². The lowest BCUT2D eigenvalue weighted by molar-refractivity contribution is -0.142. The molecule has 0 fully saturated rings. The average Bonchev–Trinajstić information content (AvgIpc) is 2.28. The summed E-state index contributed by atoms with van der Waals surface area (Å²) in [6, 6.07) is 0. The number of aliphatic carboxylic acids is 1. The zero-order valence-electron chi connectivity index (χ0n) is 9.91. The number of carboxylic acid groups (broad SMARTS) is 1. The minimum absolute atomic E-state index is 0.0869.